The number of methoxy groups -OCH3 is 2. The van der Waals surface area contributed by atoms with Gasteiger partial charge in [-0.05, 0) is 48.5 Å². The quantitative estimate of drug-likeness (QED) is 0.561. The molecule has 0 saturated heterocycles. The number of rotatable bonds is 3. The molecule has 2 heterocycles. The van der Waals surface area contributed by atoms with Gasteiger partial charge >= 0.3 is 0 Å². The Morgan fingerprint density at radius 2 is 1.50 bits per heavy atom. The number of benzene rings is 2. The number of hydrogen-bond donors (Lipinski definition) is 0. The van der Waals surface area contributed by atoms with Crippen molar-refractivity contribution in [3.8, 4) is 22.8 Å². The fourth-order valence-electron chi connectivity index (χ4n) is 3.13. The molecule has 0 bridgehead atoms. The van der Waals surface area contributed by atoms with Gasteiger partial charge in [0.25, 0.3) is 0 Å². The third kappa shape index (κ3) is 2.19. The second-order valence-electron chi connectivity index (χ2n) is 5.76. The van der Waals surface area contributed by atoms with E-state index < -0.39 is 0 Å². The molecule has 0 fully saturated rings. The van der Waals surface area contributed by atoms with Gasteiger partial charge in [-0.15, -0.1) is 0 Å². The normalized spacial score (nSPS) is 11.1. The third-order valence-electron chi connectivity index (χ3n) is 4.48. The fraction of sp³-hybridized carbons (Fsp3) is 0.150. The average molecular weight is 318 g/mol. The lowest BCUT2D eigenvalue weighted by Gasteiger charge is -2.04. The molecule has 0 saturated carbocycles. The Hall–Kier alpha value is -3.01. The smallest absolute Gasteiger partial charge is 0.119 e. The van der Waals surface area contributed by atoms with E-state index in [1.54, 1.807) is 14.2 Å². The van der Waals surface area contributed by atoms with Crippen LogP contribution in [0.25, 0.3) is 33.1 Å². The first-order chi connectivity index (χ1) is 11.7. The van der Waals surface area contributed by atoms with Crippen LogP contribution in [-0.2, 0) is 7.05 Å². The monoisotopic (exact) mass is 318 g/mol. The van der Waals surface area contributed by atoms with Crippen molar-refractivity contribution in [2.45, 2.75) is 0 Å². The Morgan fingerprint density at radius 1 is 0.792 bits per heavy atom. The van der Waals surface area contributed by atoms with E-state index in [2.05, 4.69) is 34.8 Å². The Bertz CT molecular complexity index is 1030. The van der Waals surface area contributed by atoms with E-state index in [4.69, 9.17) is 9.47 Å². The Balaban J connectivity index is 1.91. The zero-order valence-electron chi connectivity index (χ0n) is 13.9. The molecule has 4 heteroatoms. The summed E-state index contributed by atoms with van der Waals surface area (Å²) >= 11 is 0. The second kappa shape index (κ2) is 5.57. The summed E-state index contributed by atoms with van der Waals surface area (Å²) in [6.07, 6.45) is 1.94. The van der Waals surface area contributed by atoms with Crippen molar-refractivity contribution in [2.75, 3.05) is 14.2 Å². The topological polar surface area (TPSA) is 36.3 Å². The first-order valence-corrected chi connectivity index (χ1v) is 7.78. The second-order valence-corrected chi connectivity index (χ2v) is 5.76. The molecule has 0 radical (unpaired) electrons. The van der Waals surface area contributed by atoms with Gasteiger partial charge in [0.1, 0.15) is 11.5 Å². The maximum Gasteiger partial charge on any atom is 0.119 e. The summed E-state index contributed by atoms with van der Waals surface area (Å²) in [5, 5.41) is 2.28. The minimum atomic E-state index is 0.844. The number of nitrogens with zero attached hydrogens (tertiary/aromatic N) is 2. The van der Waals surface area contributed by atoms with Crippen LogP contribution < -0.4 is 9.47 Å². The van der Waals surface area contributed by atoms with E-state index in [1.807, 2.05) is 36.5 Å². The van der Waals surface area contributed by atoms with Crippen LogP contribution in [0.1, 0.15) is 0 Å². The highest BCUT2D eigenvalue weighted by Crippen LogP contribution is 2.32. The summed E-state index contributed by atoms with van der Waals surface area (Å²) < 4.78 is 12.8. The van der Waals surface area contributed by atoms with Crippen LogP contribution in [0.2, 0.25) is 0 Å². The molecule has 4 aromatic rings. The molecule has 2 aromatic heterocycles. The van der Waals surface area contributed by atoms with E-state index in [9.17, 15) is 0 Å². The highest BCUT2D eigenvalue weighted by molar-refractivity contribution is 6.08. The zero-order valence-corrected chi connectivity index (χ0v) is 13.9. The SMILES string of the molecule is COc1ccc(-c2cc3c(cn2)c2cc(OC)ccc2n3C)cc1. The van der Waals surface area contributed by atoms with Crippen molar-refractivity contribution >= 4 is 21.8 Å². The van der Waals surface area contributed by atoms with E-state index in [0.717, 1.165) is 39.0 Å². The molecule has 0 atom stereocenters. The molecule has 0 aliphatic heterocycles. The predicted molar refractivity (Wildman–Crippen MR) is 96.8 cm³/mol. The molecule has 0 amide bonds. The van der Waals surface area contributed by atoms with Gasteiger partial charge in [-0.3, -0.25) is 4.98 Å². The lowest BCUT2D eigenvalue weighted by molar-refractivity contribution is 0.415. The maximum atomic E-state index is 5.35. The van der Waals surface area contributed by atoms with Crippen LogP contribution >= 0.6 is 0 Å². The lowest BCUT2D eigenvalue weighted by Crippen LogP contribution is -1.89. The largest absolute Gasteiger partial charge is 0.497 e. The molecule has 24 heavy (non-hydrogen) atoms. The number of aromatic nitrogens is 2. The molecule has 4 rings (SSSR count). The Labute approximate surface area is 140 Å². The number of ether oxygens (including phenoxy) is 2. The molecular weight excluding hydrogens is 300 g/mol. The average Bonchev–Trinajstić information content (AvgIpc) is 2.93. The molecule has 2 aromatic carbocycles. The standard InChI is InChI=1S/C20H18N2O2/c1-22-19-9-8-15(24-3)10-16(19)17-12-21-18(11-20(17)22)13-4-6-14(23-2)7-5-13/h4-12H,1-3H3. The molecule has 4 nitrogen and oxygen atoms in total. The predicted octanol–water partition coefficient (Wildman–Crippen LogP) is 4.41. The van der Waals surface area contributed by atoms with Crippen LogP contribution in [0.5, 0.6) is 11.5 Å². The molecular formula is C20H18N2O2. The van der Waals surface area contributed by atoms with Gasteiger partial charge in [-0.2, -0.15) is 0 Å². The highest BCUT2D eigenvalue weighted by Gasteiger charge is 2.11. The van der Waals surface area contributed by atoms with Crippen molar-refractivity contribution in [1.29, 1.82) is 0 Å². The van der Waals surface area contributed by atoms with Gasteiger partial charge in [0.15, 0.2) is 0 Å². The van der Waals surface area contributed by atoms with E-state index >= 15 is 0 Å². The number of hydrogen-bond acceptors (Lipinski definition) is 3. The van der Waals surface area contributed by atoms with E-state index in [1.165, 1.54) is 5.52 Å². The summed E-state index contributed by atoms with van der Waals surface area (Å²) in [5.41, 5.74) is 4.34. The van der Waals surface area contributed by atoms with Gasteiger partial charge < -0.3 is 14.0 Å². The minimum Gasteiger partial charge on any atom is -0.497 e. The summed E-state index contributed by atoms with van der Waals surface area (Å²) in [4.78, 5) is 4.66. The van der Waals surface area contributed by atoms with Gasteiger partial charge in [-0.25, -0.2) is 0 Å². The first kappa shape index (κ1) is 14.6. The van der Waals surface area contributed by atoms with Crippen molar-refractivity contribution < 1.29 is 9.47 Å². The molecule has 0 spiro atoms. The molecule has 120 valence electrons. The van der Waals surface area contributed by atoms with Crippen LogP contribution in [0.3, 0.4) is 0 Å². The number of pyridine rings is 1. The Kier molecular flexibility index (Phi) is 3.38. The van der Waals surface area contributed by atoms with Crippen molar-refractivity contribution in [3.05, 3.63) is 54.7 Å². The summed E-state index contributed by atoms with van der Waals surface area (Å²) in [5.74, 6) is 1.70. The lowest BCUT2D eigenvalue weighted by atomic mass is 10.1. The zero-order chi connectivity index (χ0) is 16.7. The van der Waals surface area contributed by atoms with E-state index in [0.29, 0.717) is 0 Å². The fourth-order valence-corrected chi connectivity index (χ4v) is 3.13. The van der Waals surface area contributed by atoms with E-state index in [-0.39, 0.29) is 0 Å². The summed E-state index contributed by atoms with van der Waals surface area (Å²) in [6.45, 7) is 0. The number of fused-ring (bicyclic) bond motifs is 3. The maximum absolute atomic E-state index is 5.35. The molecule has 0 aliphatic rings. The molecule has 0 unspecified atom stereocenters. The minimum absolute atomic E-state index is 0.844. The van der Waals surface area contributed by atoms with Crippen LogP contribution in [0.15, 0.2) is 54.7 Å². The van der Waals surface area contributed by atoms with Crippen LogP contribution in [0, 0.1) is 0 Å². The van der Waals surface area contributed by atoms with Crippen molar-refractivity contribution in [1.82, 2.24) is 9.55 Å². The van der Waals surface area contributed by atoms with Crippen LogP contribution in [-0.4, -0.2) is 23.8 Å². The third-order valence-corrected chi connectivity index (χ3v) is 4.48. The van der Waals surface area contributed by atoms with Gasteiger partial charge in [0.05, 0.1) is 25.4 Å². The van der Waals surface area contributed by atoms with Gasteiger partial charge in [0, 0.05) is 35.1 Å². The van der Waals surface area contributed by atoms with Crippen molar-refractivity contribution in [3.63, 3.8) is 0 Å². The van der Waals surface area contributed by atoms with Crippen LogP contribution in [0.4, 0.5) is 0 Å². The first-order valence-electron chi connectivity index (χ1n) is 7.78. The summed E-state index contributed by atoms with van der Waals surface area (Å²) in [6, 6.07) is 16.2. The molecule has 0 N–H and O–H groups in total. The highest BCUT2D eigenvalue weighted by atomic mass is 16.5. The molecule has 0 aliphatic carbocycles. The number of aryl methyl sites for hydroxylation is 1. The summed E-state index contributed by atoms with van der Waals surface area (Å²) in [7, 11) is 5.43. The Morgan fingerprint density at radius 3 is 2.21 bits per heavy atom. The van der Waals surface area contributed by atoms with Crippen molar-refractivity contribution in [2.24, 2.45) is 7.05 Å². The van der Waals surface area contributed by atoms with Gasteiger partial charge in [0.2, 0.25) is 0 Å². The van der Waals surface area contributed by atoms with Gasteiger partial charge in [-0.1, -0.05) is 0 Å².